The van der Waals surface area contributed by atoms with Crippen molar-refractivity contribution < 1.29 is 5.11 Å². The molecule has 0 bridgehead atoms. The van der Waals surface area contributed by atoms with Crippen LogP contribution in [0.15, 0.2) is 18.2 Å². The molecule has 1 heterocycles. The van der Waals surface area contributed by atoms with Gasteiger partial charge in [0, 0.05) is 24.3 Å². The Bertz CT molecular complexity index is 422. The van der Waals surface area contributed by atoms with Gasteiger partial charge in [0.25, 0.3) is 0 Å². The highest BCUT2D eigenvalue weighted by molar-refractivity contribution is 6.34. The summed E-state index contributed by atoms with van der Waals surface area (Å²) in [4.78, 5) is 2.07. The number of hydrogen-bond acceptors (Lipinski definition) is 3. The molecule has 0 radical (unpaired) electrons. The lowest BCUT2D eigenvalue weighted by Gasteiger charge is -2.18. The third kappa shape index (κ3) is 2.13. The lowest BCUT2D eigenvalue weighted by Crippen LogP contribution is -2.21. The molecule has 1 atom stereocenters. The Hall–Kier alpha value is -1.26. The lowest BCUT2D eigenvalue weighted by molar-refractivity contribution is 0.198. The fourth-order valence-corrected chi connectivity index (χ4v) is 2.17. The van der Waals surface area contributed by atoms with Crippen LogP contribution < -0.4 is 10.6 Å². The van der Waals surface area contributed by atoms with Gasteiger partial charge in [0.05, 0.1) is 11.1 Å². The molecular weight excluding hydrogens is 226 g/mol. The van der Waals surface area contributed by atoms with Crippen LogP contribution in [0.4, 0.5) is 5.69 Å². The summed E-state index contributed by atoms with van der Waals surface area (Å²) in [7, 11) is 0. The van der Waals surface area contributed by atoms with Gasteiger partial charge in [-0.3, -0.25) is 5.41 Å². The Morgan fingerprint density at radius 1 is 1.56 bits per heavy atom. The first-order valence-electron chi connectivity index (χ1n) is 5.15. The van der Waals surface area contributed by atoms with Gasteiger partial charge in [0.1, 0.15) is 5.84 Å². The van der Waals surface area contributed by atoms with Crippen LogP contribution >= 0.6 is 11.6 Å². The van der Waals surface area contributed by atoms with Gasteiger partial charge in [-0.2, -0.15) is 0 Å². The SMILES string of the molecule is N=C(N)c1ccc(N2CCC(O)C2)cc1Cl. The number of rotatable bonds is 2. The zero-order valence-corrected chi connectivity index (χ0v) is 9.54. The molecule has 1 aliphatic rings. The van der Waals surface area contributed by atoms with Gasteiger partial charge in [-0.1, -0.05) is 11.6 Å². The summed E-state index contributed by atoms with van der Waals surface area (Å²) >= 11 is 6.03. The number of nitrogens with two attached hydrogens (primary N) is 1. The van der Waals surface area contributed by atoms with Crippen LogP contribution in [-0.4, -0.2) is 30.1 Å². The van der Waals surface area contributed by atoms with E-state index in [9.17, 15) is 5.11 Å². The Labute approximate surface area is 99.1 Å². The predicted molar refractivity (Wildman–Crippen MR) is 65.3 cm³/mol. The summed E-state index contributed by atoms with van der Waals surface area (Å²) in [6, 6.07) is 5.40. The van der Waals surface area contributed by atoms with E-state index >= 15 is 0 Å². The molecule has 0 saturated carbocycles. The quantitative estimate of drug-likeness (QED) is 0.536. The minimum absolute atomic E-state index is 0.0296. The van der Waals surface area contributed by atoms with Gasteiger partial charge in [0.15, 0.2) is 0 Å². The normalized spacial score (nSPS) is 20.1. The smallest absolute Gasteiger partial charge is 0.124 e. The number of halogens is 1. The topological polar surface area (TPSA) is 73.3 Å². The van der Waals surface area contributed by atoms with Gasteiger partial charge < -0.3 is 15.7 Å². The van der Waals surface area contributed by atoms with E-state index in [-0.39, 0.29) is 11.9 Å². The molecule has 1 unspecified atom stereocenters. The highest BCUT2D eigenvalue weighted by Crippen LogP contribution is 2.26. The van der Waals surface area contributed by atoms with E-state index in [1.165, 1.54) is 0 Å². The van der Waals surface area contributed by atoms with Crippen LogP contribution in [-0.2, 0) is 0 Å². The van der Waals surface area contributed by atoms with E-state index in [2.05, 4.69) is 4.90 Å². The maximum atomic E-state index is 9.44. The molecule has 0 amide bonds. The average Bonchev–Trinajstić information content (AvgIpc) is 2.64. The van der Waals surface area contributed by atoms with Crippen molar-refractivity contribution in [1.82, 2.24) is 0 Å². The number of nitrogen functional groups attached to an aromatic ring is 1. The van der Waals surface area contributed by atoms with Crippen molar-refractivity contribution >= 4 is 23.1 Å². The first-order valence-corrected chi connectivity index (χ1v) is 5.52. The lowest BCUT2D eigenvalue weighted by atomic mass is 10.2. The molecule has 86 valence electrons. The van der Waals surface area contributed by atoms with Crippen molar-refractivity contribution in [2.24, 2.45) is 5.73 Å². The second-order valence-electron chi connectivity index (χ2n) is 3.97. The summed E-state index contributed by atoms with van der Waals surface area (Å²) in [6.45, 7) is 1.46. The van der Waals surface area contributed by atoms with E-state index in [0.29, 0.717) is 17.1 Å². The molecule has 0 aliphatic carbocycles. The van der Waals surface area contributed by atoms with Gasteiger partial charge >= 0.3 is 0 Å². The number of nitrogens with zero attached hydrogens (tertiary/aromatic N) is 1. The molecule has 0 aromatic heterocycles. The molecular formula is C11H14ClN3O. The molecule has 5 heteroatoms. The molecule has 4 N–H and O–H groups in total. The van der Waals surface area contributed by atoms with Crippen LogP contribution in [0.25, 0.3) is 0 Å². The van der Waals surface area contributed by atoms with Crippen molar-refractivity contribution in [3.8, 4) is 0 Å². The third-order valence-electron chi connectivity index (χ3n) is 2.77. The highest BCUT2D eigenvalue weighted by Gasteiger charge is 2.20. The second kappa shape index (κ2) is 4.31. The van der Waals surface area contributed by atoms with Crippen molar-refractivity contribution in [2.45, 2.75) is 12.5 Å². The second-order valence-corrected chi connectivity index (χ2v) is 4.37. The number of nitrogens with one attached hydrogen (secondary N) is 1. The number of β-amino-alcohol motifs (C(OH)–C–C–N with tert-alkyl or cyclic N) is 1. The van der Waals surface area contributed by atoms with Crippen molar-refractivity contribution in [1.29, 1.82) is 5.41 Å². The van der Waals surface area contributed by atoms with E-state index in [1.54, 1.807) is 12.1 Å². The Balaban J connectivity index is 2.24. The van der Waals surface area contributed by atoms with Crippen LogP contribution in [0, 0.1) is 5.41 Å². The molecule has 4 nitrogen and oxygen atoms in total. The summed E-state index contributed by atoms with van der Waals surface area (Å²) in [6.07, 6.45) is 0.526. The number of anilines is 1. The highest BCUT2D eigenvalue weighted by atomic mass is 35.5. The average molecular weight is 240 g/mol. The van der Waals surface area contributed by atoms with Crippen LogP contribution in [0.2, 0.25) is 5.02 Å². The van der Waals surface area contributed by atoms with Gasteiger partial charge in [-0.05, 0) is 24.6 Å². The van der Waals surface area contributed by atoms with E-state index in [0.717, 1.165) is 18.7 Å². The maximum absolute atomic E-state index is 9.44. The zero-order valence-electron chi connectivity index (χ0n) is 8.78. The van der Waals surface area contributed by atoms with Crippen LogP contribution in [0.1, 0.15) is 12.0 Å². The largest absolute Gasteiger partial charge is 0.391 e. The van der Waals surface area contributed by atoms with Crippen molar-refractivity contribution in [3.63, 3.8) is 0 Å². The maximum Gasteiger partial charge on any atom is 0.124 e. The fourth-order valence-electron chi connectivity index (χ4n) is 1.90. The molecule has 1 saturated heterocycles. The van der Waals surface area contributed by atoms with Gasteiger partial charge in [-0.25, -0.2) is 0 Å². The fraction of sp³-hybridized carbons (Fsp3) is 0.364. The number of amidine groups is 1. The van der Waals surface area contributed by atoms with Crippen LogP contribution in [0.3, 0.4) is 0 Å². The van der Waals surface area contributed by atoms with E-state index in [4.69, 9.17) is 22.7 Å². The predicted octanol–water partition coefficient (Wildman–Crippen LogP) is 1.20. The summed E-state index contributed by atoms with van der Waals surface area (Å²) in [5, 5.41) is 17.3. The first kappa shape index (κ1) is 11.2. The van der Waals surface area contributed by atoms with E-state index in [1.807, 2.05) is 6.07 Å². The minimum atomic E-state index is -0.258. The molecule has 1 fully saturated rings. The molecule has 2 rings (SSSR count). The Kier molecular flexibility index (Phi) is 3.03. The number of aliphatic hydroxyl groups excluding tert-OH is 1. The molecule has 1 aromatic carbocycles. The monoisotopic (exact) mass is 239 g/mol. The zero-order chi connectivity index (χ0) is 11.7. The number of hydrogen-bond donors (Lipinski definition) is 3. The summed E-state index contributed by atoms with van der Waals surface area (Å²) < 4.78 is 0. The van der Waals surface area contributed by atoms with Gasteiger partial charge in [-0.15, -0.1) is 0 Å². The van der Waals surface area contributed by atoms with E-state index < -0.39 is 0 Å². The van der Waals surface area contributed by atoms with Crippen LogP contribution in [0.5, 0.6) is 0 Å². The molecule has 1 aliphatic heterocycles. The Morgan fingerprint density at radius 3 is 2.81 bits per heavy atom. The Morgan fingerprint density at radius 2 is 2.31 bits per heavy atom. The van der Waals surface area contributed by atoms with Crippen molar-refractivity contribution in [3.05, 3.63) is 28.8 Å². The number of aliphatic hydroxyl groups is 1. The minimum Gasteiger partial charge on any atom is -0.391 e. The molecule has 16 heavy (non-hydrogen) atoms. The van der Waals surface area contributed by atoms with Gasteiger partial charge in [0.2, 0.25) is 0 Å². The first-order chi connectivity index (χ1) is 7.58. The number of benzene rings is 1. The summed E-state index contributed by atoms with van der Waals surface area (Å²) in [5.74, 6) is -0.0296. The molecule has 1 aromatic rings. The molecule has 0 spiro atoms. The third-order valence-corrected chi connectivity index (χ3v) is 3.08. The standard InChI is InChI=1S/C11H14ClN3O/c12-10-5-7(1-2-9(10)11(13)14)15-4-3-8(16)6-15/h1-2,5,8,16H,3-4,6H2,(H3,13,14). The summed E-state index contributed by atoms with van der Waals surface area (Å²) in [5.41, 5.74) is 6.90. The van der Waals surface area contributed by atoms with Crippen molar-refractivity contribution in [2.75, 3.05) is 18.0 Å².